The van der Waals surface area contributed by atoms with Crippen LogP contribution in [0.2, 0.25) is 0 Å². The number of nitrogens with one attached hydrogen (secondary N) is 2. The maximum atomic E-state index is 11.4. The highest BCUT2D eigenvalue weighted by Gasteiger charge is 2.02. The van der Waals surface area contributed by atoms with Crippen molar-refractivity contribution in [3.63, 3.8) is 0 Å². The molecule has 0 aromatic carbocycles. The summed E-state index contributed by atoms with van der Waals surface area (Å²) in [5, 5.41) is 9.13. The first-order chi connectivity index (χ1) is 7.34. The molecule has 0 saturated heterocycles. The van der Waals surface area contributed by atoms with Crippen molar-refractivity contribution in [2.75, 3.05) is 5.32 Å². The maximum absolute atomic E-state index is 11.4. The smallest absolute Gasteiger partial charge is 0.227 e. The van der Waals surface area contributed by atoms with E-state index in [0.29, 0.717) is 18.8 Å². The van der Waals surface area contributed by atoms with E-state index in [-0.39, 0.29) is 5.91 Å². The fourth-order valence-electron chi connectivity index (χ4n) is 1.29. The molecule has 0 atom stereocenters. The van der Waals surface area contributed by atoms with Crippen molar-refractivity contribution in [3.05, 3.63) is 36.8 Å². The molecule has 15 heavy (non-hydrogen) atoms. The van der Waals surface area contributed by atoms with Crippen LogP contribution < -0.4 is 5.32 Å². The topological polar surface area (TPSA) is 62.7 Å². The number of carbonyl (C=O) groups excluding carboxylic acids is 1. The van der Waals surface area contributed by atoms with Crippen LogP contribution in [0.1, 0.15) is 6.42 Å². The Morgan fingerprint density at radius 2 is 2.27 bits per heavy atom. The molecule has 0 radical (unpaired) electrons. The van der Waals surface area contributed by atoms with Crippen LogP contribution in [0.3, 0.4) is 0 Å². The average Bonchev–Trinajstić information content (AvgIpc) is 2.86. The molecule has 0 unspecified atom stereocenters. The fraction of sp³-hybridized carbons (Fsp3) is 0.200. The summed E-state index contributed by atoms with van der Waals surface area (Å²) in [6, 6.07) is 5.59. The molecule has 0 bridgehead atoms. The van der Waals surface area contributed by atoms with Crippen molar-refractivity contribution in [2.24, 2.45) is 0 Å². The largest absolute Gasteiger partial charge is 0.354 e. The van der Waals surface area contributed by atoms with Crippen LogP contribution in [0.5, 0.6) is 0 Å². The number of H-pyrrole nitrogens is 1. The van der Waals surface area contributed by atoms with Gasteiger partial charge < -0.3 is 9.88 Å². The Morgan fingerprint density at radius 3 is 2.93 bits per heavy atom. The monoisotopic (exact) mass is 204 g/mol. The van der Waals surface area contributed by atoms with Gasteiger partial charge in [0, 0.05) is 31.4 Å². The Labute approximate surface area is 87.1 Å². The lowest BCUT2D eigenvalue weighted by Gasteiger charge is -2.03. The minimum Gasteiger partial charge on any atom is -0.354 e. The second-order valence-electron chi connectivity index (χ2n) is 3.19. The second-order valence-corrected chi connectivity index (χ2v) is 3.19. The molecule has 1 amide bonds. The van der Waals surface area contributed by atoms with E-state index >= 15 is 0 Å². The predicted molar refractivity (Wildman–Crippen MR) is 56.3 cm³/mol. The molecule has 0 aliphatic rings. The van der Waals surface area contributed by atoms with E-state index in [0.717, 1.165) is 0 Å². The van der Waals surface area contributed by atoms with E-state index in [1.54, 1.807) is 12.3 Å². The van der Waals surface area contributed by atoms with Crippen molar-refractivity contribution in [1.82, 2.24) is 14.8 Å². The Bertz CT molecular complexity index is 405. The molecule has 5 nitrogen and oxygen atoms in total. The summed E-state index contributed by atoms with van der Waals surface area (Å²) in [4.78, 5) is 11.4. The van der Waals surface area contributed by atoms with Gasteiger partial charge in [0.2, 0.25) is 5.91 Å². The van der Waals surface area contributed by atoms with Gasteiger partial charge in [0.05, 0.1) is 6.20 Å². The Hall–Kier alpha value is -2.04. The van der Waals surface area contributed by atoms with E-state index in [9.17, 15) is 4.79 Å². The van der Waals surface area contributed by atoms with Crippen LogP contribution in [0.4, 0.5) is 5.82 Å². The zero-order valence-electron chi connectivity index (χ0n) is 8.18. The molecular formula is C10H12N4O. The fourth-order valence-corrected chi connectivity index (χ4v) is 1.29. The van der Waals surface area contributed by atoms with Crippen molar-refractivity contribution < 1.29 is 4.79 Å². The quantitative estimate of drug-likeness (QED) is 0.787. The van der Waals surface area contributed by atoms with E-state index in [4.69, 9.17) is 0 Å². The van der Waals surface area contributed by atoms with Crippen molar-refractivity contribution >= 4 is 11.7 Å². The Kier molecular flexibility index (Phi) is 2.82. The summed E-state index contributed by atoms with van der Waals surface area (Å²) >= 11 is 0. The molecule has 2 rings (SSSR count). The second kappa shape index (κ2) is 4.45. The first kappa shape index (κ1) is 9.51. The summed E-state index contributed by atoms with van der Waals surface area (Å²) in [5.41, 5.74) is 0. The summed E-state index contributed by atoms with van der Waals surface area (Å²) in [7, 11) is 0. The third-order valence-electron chi connectivity index (χ3n) is 2.04. The molecule has 0 aliphatic carbocycles. The average molecular weight is 204 g/mol. The normalized spacial score (nSPS) is 10.1. The van der Waals surface area contributed by atoms with Crippen molar-refractivity contribution in [1.29, 1.82) is 0 Å². The van der Waals surface area contributed by atoms with Gasteiger partial charge >= 0.3 is 0 Å². The summed E-state index contributed by atoms with van der Waals surface area (Å²) in [6.45, 7) is 0.687. The summed E-state index contributed by atoms with van der Waals surface area (Å²) in [6.07, 6.45) is 5.92. The number of nitrogens with zero attached hydrogens (tertiary/aromatic N) is 2. The van der Waals surface area contributed by atoms with Crippen LogP contribution in [-0.2, 0) is 11.3 Å². The van der Waals surface area contributed by atoms with Gasteiger partial charge in [0.25, 0.3) is 0 Å². The summed E-state index contributed by atoms with van der Waals surface area (Å²) < 4.78 is 1.96. The molecule has 2 aromatic heterocycles. The molecule has 78 valence electrons. The van der Waals surface area contributed by atoms with Gasteiger partial charge in [-0.2, -0.15) is 5.10 Å². The van der Waals surface area contributed by atoms with Crippen LogP contribution >= 0.6 is 0 Å². The van der Waals surface area contributed by atoms with Gasteiger partial charge in [-0.1, -0.05) is 0 Å². The van der Waals surface area contributed by atoms with E-state index in [2.05, 4.69) is 15.5 Å². The molecule has 0 saturated carbocycles. The van der Waals surface area contributed by atoms with Gasteiger partial charge in [-0.05, 0) is 12.1 Å². The lowest BCUT2D eigenvalue weighted by molar-refractivity contribution is -0.116. The zero-order chi connectivity index (χ0) is 10.5. The minimum absolute atomic E-state index is 0.0204. The first-order valence-corrected chi connectivity index (χ1v) is 4.74. The lowest BCUT2D eigenvalue weighted by Crippen LogP contribution is -2.14. The highest BCUT2D eigenvalue weighted by atomic mass is 16.1. The predicted octanol–water partition coefficient (Wildman–Crippen LogP) is 1.24. The standard InChI is InChI=1S/C10H12N4O/c15-10(12-9-3-5-11-13-9)4-8-14-6-1-2-7-14/h1-3,5-7H,4,8H2,(H2,11,12,13,15). The van der Waals surface area contributed by atoms with Gasteiger partial charge in [-0.25, -0.2) is 0 Å². The maximum Gasteiger partial charge on any atom is 0.227 e. The highest BCUT2D eigenvalue weighted by Crippen LogP contribution is 2.00. The lowest BCUT2D eigenvalue weighted by atomic mass is 10.4. The Morgan fingerprint density at radius 1 is 1.47 bits per heavy atom. The number of rotatable bonds is 4. The zero-order valence-corrected chi connectivity index (χ0v) is 8.18. The number of aromatic nitrogens is 3. The SMILES string of the molecule is O=C(CCn1cccc1)Nc1ccn[nH]1. The van der Waals surface area contributed by atoms with Gasteiger partial charge in [0.15, 0.2) is 0 Å². The van der Waals surface area contributed by atoms with Gasteiger partial charge in [0.1, 0.15) is 5.82 Å². The third-order valence-corrected chi connectivity index (χ3v) is 2.04. The first-order valence-electron chi connectivity index (χ1n) is 4.74. The number of aryl methyl sites for hydroxylation is 1. The number of anilines is 1. The van der Waals surface area contributed by atoms with Crippen molar-refractivity contribution in [2.45, 2.75) is 13.0 Å². The van der Waals surface area contributed by atoms with E-state index < -0.39 is 0 Å². The number of aromatic amines is 1. The van der Waals surface area contributed by atoms with Crippen molar-refractivity contribution in [3.8, 4) is 0 Å². The number of carbonyl (C=O) groups is 1. The molecular weight excluding hydrogens is 192 g/mol. The molecule has 2 aromatic rings. The van der Waals surface area contributed by atoms with Crippen LogP contribution in [0, 0.1) is 0 Å². The number of hydrogen-bond acceptors (Lipinski definition) is 2. The third kappa shape index (κ3) is 2.70. The van der Waals surface area contributed by atoms with Crippen LogP contribution in [0.25, 0.3) is 0 Å². The van der Waals surface area contributed by atoms with Gasteiger partial charge in [-0.3, -0.25) is 9.89 Å². The highest BCUT2D eigenvalue weighted by molar-refractivity contribution is 5.89. The van der Waals surface area contributed by atoms with Crippen LogP contribution in [0.15, 0.2) is 36.8 Å². The molecule has 2 N–H and O–H groups in total. The van der Waals surface area contributed by atoms with Crippen LogP contribution in [-0.4, -0.2) is 20.7 Å². The number of amides is 1. The molecule has 0 spiro atoms. The Balaban J connectivity index is 1.78. The molecule has 2 heterocycles. The number of hydrogen-bond donors (Lipinski definition) is 2. The van der Waals surface area contributed by atoms with E-state index in [1.807, 2.05) is 29.1 Å². The molecule has 0 fully saturated rings. The summed E-state index contributed by atoms with van der Waals surface area (Å²) in [5.74, 6) is 0.612. The molecule has 0 aliphatic heterocycles. The molecule has 5 heteroatoms. The van der Waals surface area contributed by atoms with E-state index in [1.165, 1.54) is 0 Å². The van der Waals surface area contributed by atoms with Gasteiger partial charge in [-0.15, -0.1) is 0 Å². The minimum atomic E-state index is -0.0204.